The largest absolute Gasteiger partial charge is 0.494 e. The number of carbonyl (C=O) groups is 1. The van der Waals surface area contributed by atoms with Gasteiger partial charge in [0.2, 0.25) is 0 Å². The smallest absolute Gasteiger partial charge is 0.410 e. The summed E-state index contributed by atoms with van der Waals surface area (Å²) in [6.07, 6.45) is 4.28. The molecule has 0 spiro atoms. The van der Waals surface area contributed by atoms with Gasteiger partial charge < -0.3 is 25.0 Å². The first-order chi connectivity index (χ1) is 20.9. The third-order valence-corrected chi connectivity index (χ3v) is 6.22. The van der Waals surface area contributed by atoms with E-state index in [0.29, 0.717) is 28.3 Å². The molecule has 0 fully saturated rings. The zero-order chi connectivity index (χ0) is 31.9. The molecular weight excluding hydrogens is 568 g/mol. The number of para-hydroxylation sites is 1. The summed E-state index contributed by atoms with van der Waals surface area (Å²) in [6, 6.07) is 12.7. The maximum atomic E-state index is 14.7. The number of amides is 1. The highest BCUT2D eigenvalue weighted by Crippen LogP contribution is 2.25. The molecule has 0 aliphatic carbocycles. The Bertz CT molecular complexity index is 1610. The van der Waals surface area contributed by atoms with E-state index >= 15 is 0 Å². The van der Waals surface area contributed by atoms with Gasteiger partial charge in [-0.1, -0.05) is 18.2 Å². The van der Waals surface area contributed by atoms with Gasteiger partial charge in [0.05, 0.1) is 13.2 Å². The van der Waals surface area contributed by atoms with Crippen LogP contribution in [-0.2, 0) is 17.8 Å². The van der Waals surface area contributed by atoms with Crippen molar-refractivity contribution in [2.45, 2.75) is 46.4 Å². The third kappa shape index (κ3) is 8.24. The van der Waals surface area contributed by atoms with E-state index in [1.165, 1.54) is 4.90 Å². The Kier molecular flexibility index (Phi) is 10.0. The van der Waals surface area contributed by atoms with Gasteiger partial charge in [0.25, 0.3) is 0 Å². The predicted octanol–water partition coefficient (Wildman–Crippen LogP) is 6.69. The lowest BCUT2D eigenvalue weighted by atomic mass is 10.1. The van der Waals surface area contributed by atoms with E-state index in [2.05, 4.69) is 25.6 Å². The molecule has 3 N–H and O–H groups in total. The summed E-state index contributed by atoms with van der Waals surface area (Å²) in [6.45, 7) is 7.35. The molecule has 0 atom stereocenters. The number of halogens is 2. The Hall–Kier alpha value is -5.13. The highest BCUT2D eigenvalue weighted by atomic mass is 19.1. The molecule has 44 heavy (non-hydrogen) atoms. The second-order valence-electron chi connectivity index (χ2n) is 10.8. The summed E-state index contributed by atoms with van der Waals surface area (Å²) < 4.78 is 40.0. The van der Waals surface area contributed by atoms with Crippen molar-refractivity contribution in [3.63, 3.8) is 0 Å². The topological polar surface area (TPSA) is 125 Å². The Morgan fingerprint density at radius 1 is 1.07 bits per heavy atom. The van der Waals surface area contributed by atoms with Gasteiger partial charge in [-0.15, -0.1) is 0 Å². The first kappa shape index (κ1) is 31.8. The number of anilines is 3. The van der Waals surface area contributed by atoms with Crippen LogP contribution < -0.4 is 15.4 Å². The van der Waals surface area contributed by atoms with Crippen LogP contribution in [0.2, 0.25) is 0 Å². The summed E-state index contributed by atoms with van der Waals surface area (Å²) in [5.74, 6) is -0.892. The number of hydrogen-bond acceptors (Lipinski definition) is 9. The van der Waals surface area contributed by atoms with E-state index in [1.54, 1.807) is 89.7 Å². The van der Waals surface area contributed by atoms with Gasteiger partial charge in [-0.25, -0.2) is 23.5 Å². The standard InChI is InChI=1S/C32H35F2N7O3/c1-6-43-22-15-25(33)24(26(34)16-22)18-37-27-10-8-7-9-23(27)28(35)30-38-17-20(19-41(5)31(42)44-32(2,3)4)29(40-30)39-21-11-13-36-14-12-21/h7-17,35,37H,6,18-19H2,1-5H3,(H,36,38,39,40). The fourth-order valence-electron chi connectivity index (χ4n) is 4.14. The van der Waals surface area contributed by atoms with Crippen molar-refractivity contribution >= 4 is 29.0 Å². The van der Waals surface area contributed by atoms with Crippen LogP contribution in [0.5, 0.6) is 5.75 Å². The average molecular weight is 604 g/mol. The van der Waals surface area contributed by atoms with Crippen molar-refractivity contribution in [1.82, 2.24) is 19.9 Å². The number of nitrogens with zero attached hydrogens (tertiary/aromatic N) is 4. The number of pyridine rings is 1. The minimum atomic E-state index is -0.740. The van der Waals surface area contributed by atoms with Gasteiger partial charge in [0.15, 0.2) is 5.82 Å². The van der Waals surface area contributed by atoms with Crippen LogP contribution in [-0.4, -0.2) is 50.9 Å². The molecule has 230 valence electrons. The molecule has 0 saturated heterocycles. The quantitative estimate of drug-likeness (QED) is 0.162. The molecule has 4 aromatic rings. The zero-order valence-electron chi connectivity index (χ0n) is 25.2. The van der Waals surface area contributed by atoms with Gasteiger partial charge in [0, 0.05) is 72.4 Å². The SMILES string of the molecule is CCOc1cc(F)c(CNc2ccccc2C(=N)c2ncc(CN(C)C(=O)OC(C)(C)C)c(Nc3ccncc3)n2)c(F)c1. The molecule has 1 amide bonds. The fraction of sp³-hybridized carbons (Fsp3) is 0.281. The Morgan fingerprint density at radius 2 is 1.75 bits per heavy atom. The van der Waals surface area contributed by atoms with Crippen molar-refractivity contribution in [2.24, 2.45) is 0 Å². The lowest BCUT2D eigenvalue weighted by Crippen LogP contribution is -2.34. The van der Waals surface area contributed by atoms with Crippen molar-refractivity contribution < 1.29 is 23.0 Å². The number of hydrogen-bond donors (Lipinski definition) is 3. The summed E-state index contributed by atoms with van der Waals surface area (Å²) in [4.78, 5) is 27.1. The molecule has 2 aromatic heterocycles. The van der Waals surface area contributed by atoms with E-state index in [-0.39, 0.29) is 42.5 Å². The van der Waals surface area contributed by atoms with Gasteiger partial charge in [0.1, 0.15) is 34.5 Å². The molecule has 0 aliphatic heterocycles. The van der Waals surface area contributed by atoms with Crippen LogP contribution in [0, 0.1) is 17.0 Å². The van der Waals surface area contributed by atoms with Crippen molar-refractivity contribution in [2.75, 3.05) is 24.3 Å². The molecule has 0 saturated carbocycles. The first-order valence-electron chi connectivity index (χ1n) is 13.9. The summed E-state index contributed by atoms with van der Waals surface area (Å²) in [5, 5.41) is 15.2. The molecule has 0 aliphatic rings. The van der Waals surface area contributed by atoms with Crippen molar-refractivity contribution in [3.8, 4) is 5.75 Å². The highest BCUT2D eigenvalue weighted by molar-refractivity contribution is 6.12. The second-order valence-corrected chi connectivity index (χ2v) is 10.8. The number of aromatic nitrogens is 3. The van der Waals surface area contributed by atoms with Crippen molar-refractivity contribution in [3.05, 3.63) is 101 Å². The van der Waals surface area contributed by atoms with E-state index in [1.807, 2.05) is 0 Å². The Balaban J connectivity index is 1.61. The van der Waals surface area contributed by atoms with E-state index in [4.69, 9.17) is 14.9 Å². The number of nitrogens with one attached hydrogen (secondary N) is 3. The van der Waals surface area contributed by atoms with Crippen LogP contribution >= 0.6 is 0 Å². The van der Waals surface area contributed by atoms with Crippen LogP contribution in [0.3, 0.4) is 0 Å². The number of benzene rings is 2. The van der Waals surface area contributed by atoms with E-state index < -0.39 is 23.3 Å². The summed E-state index contributed by atoms with van der Waals surface area (Å²) in [5.41, 5.74) is 1.32. The van der Waals surface area contributed by atoms with E-state index in [9.17, 15) is 13.6 Å². The molecule has 2 aromatic carbocycles. The number of ether oxygens (including phenoxy) is 2. The minimum absolute atomic E-state index is 0.0226. The Labute approximate surface area is 255 Å². The molecule has 4 rings (SSSR count). The van der Waals surface area contributed by atoms with E-state index in [0.717, 1.165) is 12.1 Å². The maximum absolute atomic E-state index is 14.7. The highest BCUT2D eigenvalue weighted by Gasteiger charge is 2.22. The maximum Gasteiger partial charge on any atom is 0.410 e. The van der Waals surface area contributed by atoms with Crippen molar-refractivity contribution in [1.29, 1.82) is 5.41 Å². The molecular formula is C32H35F2N7O3. The predicted molar refractivity (Wildman–Crippen MR) is 164 cm³/mol. The van der Waals surface area contributed by atoms with Crippen LogP contribution in [0.1, 0.15) is 50.2 Å². The molecule has 2 heterocycles. The lowest BCUT2D eigenvalue weighted by Gasteiger charge is -2.25. The van der Waals surface area contributed by atoms with Crippen LogP contribution in [0.4, 0.5) is 30.8 Å². The van der Waals surface area contributed by atoms with Crippen LogP contribution in [0.15, 0.2) is 67.1 Å². The molecule has 10 nitrogen and oxygen atoms in total. The molecule has 0 bridgehead atoms. The molecule has 12 heteroatoms. The molecule has 0 radical (unpaired) electrons. The van der Waals surface area contributed by atoms with Gasteiger partial charge in [-0.05, 0) is 45.9 Å². The average Bonchev–Trinajstić information content (AvgIpc) is 2.97. The third-order valence-electron chi connectivity index (χ3n) is 6.22. The van der Waals surface area contributed by atoms with Gasteiger partial charge >= 0.3 is 6.09 Å². The summed E-state index contributed by atoms with van der Waals surface area (Å²) in [7, 11) is 1.61. The Morgan fingerprint density at radius 3 is 2.41 bits per heavy atom. The monoisotopic (exact) mass is 603 g/mol. The number of rotatable bonds is 11. The lowest BCUT2D eigenvalue weighted by molar-refractivity contribution is 0.0285. The van der Waals surface area contributed by atoms with Gasteiger partial charge in [-0.2, -0.15) is 0 Å². The second kappa shape index (κ2) is 13.9. The first-order valence-corrected chi connectivity index (χ1v) is 13.9. The van der Waals surface area contributed by atoms with Crippen LogP contribution in [0.25, 0.3) is 0 Å². The summed E-state index contributed by atoms with van der Waals surface area (Å²) >= 11 is 0. The molecule has 0 unspecified atom stereocenters. The number of carbonyl (C=O) groups excluding carboxylic acids is 1. The van der Waals surface area contributed by atoms with Gasteiger partial charge in [-0.3, -0.25) is 10.4 Å². The fourth-order valence-corrected chi connectivity index (χ4v) is 4.14. The minimum Gasteiger partial charge on any atom is -0.494 e. The normalized spacial score (nSPS) is 11.1. The zero-order valence-corrected chi connectivity index (χ0v) is 25.2.